The number of carbonyl (C=O) groups is 2. The summed E-state index contributed by atoms with van der Waals surface area (Å²) in [5, 5.41) is 5.76. The summed E-state index contributed by atoms with van der Waals surface area (Å²) < 4.78 is 0. The van der Waals surface area contributed by atoms with Crippen LogP contribution >= 0.6 is 0 Å². The van der Waals surface area contributed by atoms with Crippen molar-refractivity contribution in [3.63, 3.8) is 0 Å². The van der Waals surface area contributed by atoms with Crippen LogP contribution in [-0.4, -0.2) is 11.8 Å². The molecule has 2 amide bonds. The van der Waals surface area contributed by atoms with Gasteiger partial charge in [0.25, 0.3) is 5.91 Å². The van der Waals surface area contributed by atoms with Crippen LogP contribution in [0, 0.1) is 0 Å². The Morgan fingerprint density at radius 1 is 0.862 bits per heavy atom. The highest BCUT2D eigenvalue weighted by Gasteiger charge is 2.19. The van der Waals surface area contributed by atoms with Crippen molar-refractivity contribution in [3.05, 3.63) is 107 Å². The number of fused-ring (bicyclic) bond motifs is 1. The molecule has 0 fully saturated rings. The van der Waals surface area contributed by atoms with Crippen molar-refractivity contribution in [2.75, 3.05) is 10.6 Å². The first-order valence-corrected chi connectivity index (χ1v) is 9.42. The number of para-hydroxylation sites is 2. The molecule has 1 heterocycles. The summed E-state index contributed by atoms with van der Waals surface area (Å²) in [6.45, 7) is 0. The fourth-order valence-corrected chi connectivity index (χ4v) is 3.25. The summed E-state index contributed by atoms with van der Waals surface area (Å²) >= 11 is 0. The van der Waals surface area contributed by atoms with E-state index in [0.717, 1.165) is 28.1 Å². The van der Waals surface area contributed by atoms with Gasteiger partial charge in [-0.05, 0) is 47.0 Å². The Labute approximate surface area is 169 Å². The first kappa shape index (κ1) is 18.4. The van der Waals surface area contributed by atoms with E-state index < -0.39 is 0 Å². The minimum absolute atomic E-state index is 0.0932. The summed E-state index contributed by atoms with van der Waals surface area (Å²) in [6, 6.07) is 24.8. The molecule has 1 aliphatic heterocycles. The molecule has 0 bridgehead atoms. The number of hydrogen-bond donors (Lipinski definition) is 2. The third kappa shape index (κ3) is 4.50. The number of carbonyl (C=O) groups excluding carboxylic acids is 2. The van der Waals surface area contributed by atoms with Gasteiger partial charge in [0, 0.05) is 29.4 Å². The van der Waals surface area contributed by atoms with Gasteiger partial charge < -0.3 is 10.6 Å². The van der Waals surface area contributed by atoms with Gasteiger partial charge in [0.05, 0.1) is 0 Å². The van der Waals surface area contributed by atoms with Crippen LogP contribution in [-0.2, 0) is 16.0 Å². The lowest BCUT2D eigenvalue weighted by Crippen LogP contribution is -2.22. The number of amides is 2. The van der Waals surface area contributed by atoms with E-state index >= 15 is 0 Å². The number of anilines is 2. The van der Waals surface area contributed by atoms with E-state index in [2.05, 4.69) is 10.6 Å². The van der Waals surface area contributed by atoms with Crippen LogP contribution < -0.4 is 10.6 Å². The molecule has 3 aromatic carbocycles. The molecule has 142 valence electrons. The fourth-order valence-electron chi connectivity index (χ4n) is 3.25. The lowest BCUT2D eigenvalue weighted by atomic mass is 9.95. The second-order valence-corrected chi connectivity index (χ2v) is 6.78. The zero-order chi connectivity index (χ0) is 20.1. The largest absolute Gasteiger partial charge is 0.323 e. The molecular weight excluding hydrogens is 360 g/mol. The van der Waals surface area contributed by atoms with Crippen LogP contribution in [0.25, 0.3) is 12.2 Å². The van der Waals surface area contributed by atoms with Crippen LogP contribution in [0.4, 0.5) is 11.4 Å². The van der Waals surface area contributed by atoms with E-state index in [1.807, 2.05) is 84.9 Å². The number of rotatable bonds is 4. The highest BCUT2D eigenvalue weighted by molar-refractivity contribution is 6.10. The molecule has 0 saturated carbocycles. The van der Waals surface area contributed by atoms with Gasteiger partial charge in [-0.25, -0.2) is 0 Å². The normalized spacial score (nSPS) is 14.5. The smallest absolute Gasteiger partial charge is 0.251 e. The Hall–Kier alpha value is -3.92. The zero-order valence-corrected chi connectivity index (χ0v) is 15.8. The zero-order valence-electron chi connectivity index (χ0n) is 15.8. The molecule has 1 aliphatic rings. The van der Waals surface area contributed by atoms with Crippen LogP contribution in [0.1, 0.15) is 16.7 Å². The van der Waals surface area contributed by atoms with E-state index in [0.29, 0.717) is 12.0 Å². The lowest BCUT2D eigenvalue weighted by Gasteiger charge is -2.19. The average Bonchev–Trinajstić information content (AvgIpc) is 2.74. The van der Waals surface area contributed by atoms with Crippen molar-refractivity contribution < 1.29 is 9.59 Å². The van der Waals surface area contributed by atoms with Crippen molar-refractivity contribution in [1.82, 2.24) is 0 Å². The fraction of sp³-hybridized carbons (Fsp3) is 0.0400. The molecule has 0 radical (unpaired) electrons. The number of hydrogen-bond acceptors (Lipinski definition) is 2. The summed E-state index contributed by atoms with van der Waals surface area (Å²) in [7, 11) is 0. The van der Waals surface area contributed by atoms with Gasteiger partial charge >= 0.3 is 0 Å². The first-order valence-electron chi connectivity index (χ1n) is 9.42. The molecular formula is C25H20N2O2. The van der Waals surface area contributed by atoms with Gasteiger partial charge in [0.15, 0.2) is 0 Å². The summed E-state index contributed by atoms with van der Waals surface area (Å²) in [5.41, 5.74) is 5.15. The third-order valence-electron chi connectivity index (χ3n) is 4.72. The van der Waals surface area contributed by atoms with Crippen molar-refractivity contribution >= 4 is 35.3 Å². The molecule has 4 rings (SSSR count). The van der Waals surface area contributed by atoms with Gasteiger partial charge in [-0.3, -0.25) is 9.59 Å². The third-order valence-corrected chi connectivity index (χ3v) is 4.72. The molecule has 0 aromatic heterocycles. The maximum Gasteiger partial charge on any atom is 0.251 e. The Morgan fingerprint density at radius 2 is 1.55 bits per heavy atom. The van der Waals surface area contributed by atoms with Gasteiger partial charge in [0.1, 0.15) is 0 Å². The van der Waals surface area contributed by atoms with Crippen molar-refractivity contribution in [2.45, 2.75) is 6.42 Å². The lowest BCUT2D eigenvalue weighted by molar-refractivity contribution is -0.113. The standard InChI is InChI=1S/C25H20N2O2/c28-24(26-22-11-2-1-3-12-22)15-14-18-8-4-5-9-19(18)16-21-17-20-10-6-7-13-23(20)27-25(21)29/h1-16H,17H2,(H,26,28)(H,27,29)/b15-14+,21-16?. The second-order valence-electron chi connectivity index (χ2n) is 6.78. The second kappa shape index (κ2) is 8.40. The Morgan fingerprint density at radius 3 is 2.38 bits per heavy atom. The SMILES string of the molecule is O=C(/C=C/c1ccccc1C=C1Cc2ccccc2NC1=O)Nc1ccccc1. The molecule has 0 spiro atoms. The summed E-state index contributed by atoms with van der Waals surface area (Å²) in [6.07, 6.45) is 5.73. The predicted octanol–water partition coefficient (Wildman–Crippen LogP) is 4.92. The quantitative estimate of drug-likeness (QED) is 0.632. The summed E-state index contributed by atoms with van der Waals surface area (Å²) in [4.78, 5) is 24.7. The van der Waals surface area contributed by atoms with E-state index in [1.54, 1.807) is 6.08 Å². The van der Waals surface area contributed by atoms with E-state index in [-0.39, 0.29) is 11.8 Å². The maximum atomic E-state index is 12.5. The van der Waals surface area contributed by atoms with Crippen LogP contribution in [0.3, 0.4) is 0 Å². The van der Waals surface area contributed by atoms with Crippen LogP contribution in [0.15, 0.2) is 90.5 Å². The minimum atomic E-state index is -0.206. The molecule has 0 aliphatic carbocycles. The van der Waals surface area contributed by atoms with Crippen molar-refractivity contribution in [1.29, 1.82) is 0 Å². The molecule has 0 unspecified atom stereocenters. The Bertz CT molecular complexity index is 1110. The van der Waals surface area contributed by atoms with Gasteiger partial charge in [0.2, 0.25) is 5.91 Å². The highest BCUT2D eigenvalue weighted by atomic mass is 16.2. The van der Waals surface area contributed by atoms with E-state index in [1.165, 1.54) is 6.08 Å². The van der Waals surface area contributed by atoms with Gasteiger partial charge in [-0.1, -0.05) is 60.7 Å². The molecule has 4 nitrogen and oxygen atoms in total. The molecule has 3 aromatic rings. The summed E-state index contributed by atoms with van der Waals surface area (Å²) in [5.74, 6) is -0.299. The Kier molecular flexibility index (Phi) is 5.34. The van der Waals surface area contributed by atoms with Crippen molar-refractivity contribution in [3.8, 4) is 0 Å². The average molecular weight is 380 g/mol. The number of benzene rings is 3. The van der Waals surface area contributed by atoms with E-state index in [4.69, 9.17) is 0 Å². The van der Waals surface area contributed by atoms with Gasteiger partial charge in [-0.2, -0.15) is 0 Å². The molecule has 2 N–H and O–H groups in total. The van der Waals surface area contributed by atoms with Crippen LogP contribution in [0.5, 0.6) is 0 Å². The first-order chi connectivity index (χ1) is 14.2. The number of nitrogens with one attached hydrogen (secondary N) is 2. The maximum absolute atomic E-state index is 12.5. The molecule has 0 atom stereocenters. The molecule has 29 heavy (non-hydrogen) atoms. The Balaban J connectivity index is 1.55. The van der Waals surface area contributed by atoms with Gasteiger partial charge in [-0.15, -0.1) is 0 Å². The molecule has 4 heteroatoms. The van der Waals surface area contributed by atoms with Crippen LogP contribution in [0.2, 0.25) is 0 Å². The van der Waals surface area contributed by atoms with Crippen molar-refractivity contribution in [2.24, 2.45) is 0 Å². The highest BCUT2D eigenvalue weighted by Crippen LogP contribution is 2.26. The molecule has 0 saturated heterocycles. The predicted molar refractivity (Wildman–Crippen MR) is 117 cm³/mol. The monoisotopic (exact) mass is 380 g/mol. The van der Waals surface area contributed by atoms with E-state index in [9.17, 15) is 9.59 Å². The topological polar surface area (TPSA) is 58.2 Å². The minimum Gasteiger partial charge on any atom is -0.323 e.